The van der Waals surface area contributed by atoms with Crippen LogP contribution in [0.2, 0.25) is 0 Å². The third-order valence-electron chi connectivity index (χ3n) is 5.67. The van der Waals surface area contributed by atoms with E-state index in [9.17, 15) is 9.59 Å². The highest BCUT2D eigenvalue weighted by molar-refractivity contribution is 7.99. The van der Waals surface area contributed by atoms with E-state index in [1.807, 2.05) is 30.3 Å². The second-order valence-electron chi connectivity index (χ2n) is 7.82. The predicted molar refractivity (Wildman–Crippen MR) is 114 cm³/mol. The summed E-state index contributed by atoms with van der Waals surface area (Å²) in [6.07, 6.45) is -3.14. The van der Waals surface area contributed by atoms with Gasteiger partial charge in [0.05, 0.1) is 0 Å². The first-order chi connectivity index (χ1) is 15.1. The van der Waals surface area contributed by atoms with Crippen LogP contribution in [0.15, 0.2) is 35.2 Å². The summed E-state index contributed by atoms with van der Waals surface area (Å²) in [5.74, 6) is -3.58. The van der Waals surface area contributed by atoms with E-state index < -0.39 is 53.4 Å². The van der Waals surface area contributed by atoms with Crippen molar-refractivity contribution in [1.82, 2.24) is 0 Å². The Labute approximate surface area is 191 Å². The normalized spacial score (nSPS) is 36.8. The van der Waals surface area contributed by atoms with E-state index in [2.05, 4.69) is 0 Å². The third-order valence-corrected chi connectivity index (χ3v) is 6.82. The number of carbonyl (C=O) groups excluding carboxylic acids is 2. The number of fused-ring (bicyclic) bond motifs is 1. The van der Waals surface area contributed by atoms with Crippen molar-refractivity contribution in [3.8, 4) is 0 Å². The van der Waals surface area contributed by atoms with Crippen molar-refractivity contribution < 1.29 is 42.7 Å². The zero-order chi connectivity index (χ0) is 23.5. The van der Waals surface area contributed by atoms with Gasteiger partial charge in [-0.15, -0.1) is 0 Å². The topological polar surface area (TPSA) is 98.8 Å². The summed E-state index contributed by atoms with van der Waals surface area (Å²) in [7, 11) is 2.98. The first-order valence-electron chi connectivity index (χ1n) is 10.3. The number of rotatable bonds is 7. The van der Waals surface area contributed by atoms with Crippen molar-refractivity contribution >= 4 is 23.7 Å². The zero-order valence-electron chi connectivity index (χ0n) is 19.1. The van der Waals surface area contributed by atoms with Gasteiger partial charge < -0.3 is 33.2 Å². The van der Waals surface area contributed by atoms with Gasteiger partial charge in [-0.1, -0.05) is 30.0 Å². The summed E-state index contributed by atoms with van der Waals surface area (Å²) in [5, 5.41) is 0. The van der Waals surface area contributed by atoms with Crippen LogP contribution in [0.1, 0.15) is 27.7 Å². The van der Waals surface area contributed by atoms with Gasteiger partial charge in [-0.25, -0.2) is 0 Å². The molecule has 0 aliphatic carbocycles. The number of methoxy groups -OCH3 is 2. The van der Waals surface area contributed by atoms with E-state index in [1.54, 1.807) is 13.8 Å². The van der Waals surface area contributed by atoms with Gasteiger partial charge in [-0.3, -0.25) is 9.59 Å². The van der Waals surface area contributed by atoms with Crippen molar-refractivity contribution in [2.24, 2.45) is 0 Å². The number of hydrogen-bond donors (Lipinski definition) is 0. The Bertz CT molecular complexity index is 806. The average molecular weight is 471 g/mol. The molecule has 0 N–H and O–H groups in total. The molecule has 0 unspecified atom stereocenters. The summed E-state index contributed by atoms with van der Waals surface area (Å²) in [6.45, 7) is 5.88. The largest absolute Gasteiger partial charge is 0.463 e. The van der Waals surface area contributed by atoms with Gasteiger partial charge in [-0.2, -0.15) is 0 Å². The summed E-state index contributed by atoms with van der Waals surface area (Å²) in [5.41, 5.74) is -0.578. The molecule has 10 heteroatoms. The molecule has 2 heterocycles. The second kappa shape index (κ2) is 10.1. The molecule has 178 valence electrons. The maximum absolute atomic E-state index is 11.9. The molecule has 32 heavy (non-hydrogen) atoms. The highest BCUT2D eigenvalue weighted by Crippen LogP contribution is 2.47. The molecule has 2 aliphatic rings. The van der Waals surface area contributed by atoms with Crippen LogP contribution in [-0.4, -0.2) is 74.2 Å². The Morgan fingerprint density at radius 2 is 1.56 bits per heavy atom. The van der Waals surface area contributed by atoms with Crippen LogP contribution in [0.3, 0.4) is 0 Å². The molecule has 0 spiro atoms. The van der Waals surface area contributed by atoms with E-state index in [-0.39, 0.29) is 6.61 Å². The fourth-order valence-corrected chi connectivity index (χ4v) is 4.86. The van der Waals surface area contributed by atoms with Gasteiger partial charge in [0.1, 0.15) is 30.4 Å². The number of hydrogen-bond acceptors (Lipinski definition) is 10. The highest BCUT2D eigenvalue weighted by atomic mass is 32.2. The molecule has 2 aliphatic heterocycles. The number of benzene rings is 1. The van der Waals surface area contributed by atoms with E-state index >= 15 is 0 Å². The minimum absolute atomic E-state index is 0.114. The van der Waals surface area contributed by atoms with E-state index in [0.29, 0.717) is 0 Å². The van der Waals surface area contributed by atoms with Crippen molar-refractivity contribution in [3.05, 3.63) is 30.3 Å². The lowest BCUT2D eigenvalue weighted by Gasteiger charge is -2.56. The van der Waals surface area contributed by atoms with Crippen molar-refractivity contribution in [3.63, 3.8) is 0 Å². The molecular weight excluding hydrogens is 440 g/mol. The van der Waals surface area contributed by atoms with Crippen LogP contribution in [0.25, 0.3) is 0 Å². The first-order valence-corrected chi connectivity index (χ1v) is 11.1. The third kappa shape index (κ3) is 5.11. The molecule has 2 fully saturated rings. The van der Waals surface area contributed by atoms with Gasteiger partial charge in [0.15, 0.2) is 6.10 Å². The lowest BCUT2D eigenvalue weighted by atomic mass is 9.95. The molecular formula is C22H30O9S. The zero-order valence-corrected chi connectivity index (χ0v) is 19.9. The van der Waals surface area contributed by atoms with E-state index in [4.69, 9.17) is 33.2 Å². The van der Waals surface area contributed by atoms with Gasteiger partial charge in [-0.05, 0) is 26.0 Å². The smallest absolute Gasteiger partial charge is 0.303 e. The number of thioether (sulfide) groups is 1. The van der Waals surface area contributed by atoms with Crippen LogP contribution >= 0.6 is 11.8 Å². The fraction of sp³-hybridized carbons (Fsp3) is 0.636. The van der Waals surface area contributed by atoms with Crippen LogP contribution in [0.5, 0.6) is 0 Å². The minimum Gasteiger partial charge on any atom is -0.463 e. The van der Waals surface area contributed by atoms with Gasteiger partial charge in [0, 0.05) is 33.0 Å². The molecule has 2 saturated heterocycles. The Balaban J connectivity index is 1.99. The monoisotopic (exact) mass is 470 g/mol. The Morgan fingerprint density at radius 1 is 0.969 bits per heavy atom. The highest BCUT2D eigenvalue weighted by Gasteiger charge is 2.63. The molecule has 0 radical (unpaired) electrons. The van der Waals surface area contributed by atoms with E-state index in [1.165, 1.54) is 39.8 Å². The molecule has 1 aromatic rings. The standard InChI is InChI=1S/C22H30O9S/c1-13(23)27-12-16-17(28-14(2)24)18-19(20(29-16)32-15-10-8-7-9-11-15)31-22(4,26-6)21(3,25-5)30-18/h7-11,16-20H,12H2,1-6H3/t16-,17-,18+,19-,20+,21-,22-/m0/s1. The molecule has 0 amide bonds. The summed E-state index contributed by atoms with van der Waals surface area (Å²) >= 11 is 1.42. The lowest BCUT2D eigenvalue weighted by molar-refractivity contribution is -0.467. The lowest BCUT2D eigenvalue weighted by Crippen LogP contribution is -2.72. The maximum Gasteiger partial charge on any atom is 0.303 e. The van der Waals surface area contributed by atoms with Crippen LogP contribution in [0, 0.1) is 0 Å². The number of ether oxygens (including phenoxy) is 7. The number of esters is 2. The average Bonchev–Trinajstić information content (AvgIpc) is 2.76. The fourth-order valence-electron chi connectivity index (χ4n) is 3.73. The molecule has 0 bridgehead atoms. The molecule has 9 nitrogen and oxygen atoms in total. The molecule has 1 aromatic carbocycles. The molecule has 0 saturated carbocycles. The van der Waals surface area contributed by atoms with E-state index in [0.717, 1.165) is 4.90 Å². The quantitative estimate of drug-likeness (QED) is 0.553. The SMILES string of the molecule is CO[C@@]1(C)O[C@@H]2[C@@H](OC(C)=O)[C@H](COC(C)=O)O[C@H](Sc3ccccc3)[C@H]2O[C@]1(C)OC. The van der Waals surface area contributed by atoms with Gasteiger partial charge in [0.25, 0.3) is 0 Å². The minimum atomic E-state index is -1.31. The molecule has 7 atom stereocenters. The van der Waals surface area contributed by atoms with Crippen molar-refractivity contribution in [1.29, 1.82) is 0 Å². The Kier molecular flexibility index (Phi) is 7.85. The Hall–Kier alpha value is -1.69. The molecule has 0 aromatic heterocycles. The van der Waals surface area contributed by atoms with Crippen LogP contribution in [0.4, 0.5) is 0 Å². The van der Waals surface area contributed by atoms with Crippen molar-refractivity contribution in [2.45, 2.75) is 74.0 Å². The second-order valence-corrected chi connectivity index (χ2v) is 8.99. The van der Waals surface area contributed by atoms with Gasteiger partial charge >= 0.3 is 11.9 Å². The first kappa shape index (κ1) is 24.9. The predicted octanol–water partition coefficient (Wildman–Crippen LogP) is 2.51. The number of carbonyl (C=O) groups is 2. The summed E-state index contributed by atoms with van der Waals surface area (Å²) < 4.78 is 41.1. The molecule has 3 rings (SSSR count). The van der Waals surface area contributed by atoms with Crippen LogP contribution in [-0.2, 0) is 42.7 Å². The van der Waals surface area contributed by atoms with Gasteiger partial charge in [0.2, 0.25) is 11.6 Å². The summed E-state index contributed by atoms with van der Waals surface area (Å²) in [6, 6.07) is 9.64. The summed E-state index contributed by atoms with van der Waals surface area (Å²) in [4.78, 5) is 24.3. The van der Waals surface area contributed by atoms with Crippen LogP contribution < -0.4 is 0 Å². The Morgan fingerprint density at radius 3 is 2.09 bits per heavy atom. The maximum atomic E-state index is 11.9. The van der Waals surface area contributed by atoms with Crippen molar-refractivity contribution in [2.75, 3.05) is 20.8 Å².